The Balaban J connectivity index is 0.000000199. The molecular formula is C43H26F6N14O4. The van der Waals surface area contributed by atoms with E-state index < -0.39 is 41.1 Å². The lowest BCUT2D eigenvalue weighted by atomic mass is 10.1. The molecule has 0 fully saturated rings. The van der Waals surface area contributed by atoms with Crippen molar-refractivity contribution in [1.82, 2.24) is 49.9 Å². The quantitative estimate of drug-likeness (QED) is 0.123. The van der Waals surface area contributed by atoms with Crippen molar-refractivity contribution in [3.63, 3.8) is 0 Å². The van der Waals surface area contributed by atoms with Crippen LogP contribution < -0.4 is 20.9 Å². The first-order chi connectivity index (χ1) is 32.0. The summed E-state index contributed by atoms with van der Waals surface area (Å²) in [6.45, 7) is 0. The van der Waals surface area contributed by atoms with Crippen LogP contribution in [0.15, 0.2) is 126 Å². The molecule has 0 bridgehead atoms. The van der Waals surface area contributed by atoms with Gasteiger partial charge in [-0.15, -0.1) is 20.4 Å². The number of nitriles is 2. The van der Waals surface area contributed by atoms with Gasteiger partial charge in [0.2, 0.25) is 11.4 Å². The van der Waals surface area contributed by atoms with E-state index in [1.807, 2.05) is 12.1 Å². The number of carbonyl (C=O) groups excluding carboxylic acids is 2. The Morgan fingerprint density at radius 1 is 0.642 bits per heavy atom. The molecule has 0 aliphatic rings. The van der Waals surface area contributed by atoms with E-state index in [9.17, 15) is 40.7 Å². The Hall–Kier alpha value is -9.58. The van der Waals surface area contributed by atoms with E-state index in [0.29, 0.717) is 31.9 Å². The number of nitrogens with zero attached hydrogens (tertiary/aromatic N) is 11. The average molecular weight is 917 g/mol. The lowest BCUT2D eigenvalue weighted by molar-refractivity contribution is -0.143. The molecule has 3 N–H and O–H groups in total. The van der Waals surface area contributed by atoms with Gasteiger partial charge in [0.05, 0.1) is 41.8 Å². The fourth-order valence-electron chi connectivity index (χ4n) is 5.87. The zero-order valence-corrected chi connectivity index (χ0v) is 33.9. The number of benzene rings is 2. The highest BCUT2D eigenvalue weighted by molar-refractivity contribution is 6.04. The van der Waals surface area contributed by atoms with Crippen LogP contribution in [0.3, 0.4) is 0 Å². The van der Waals surface area contributed by atoms with Crippen LogP contribution in [-0.2, 0) is 12.4 Å². The molecule has 0 unspecified atom stereocenters. The molecule has 0 aliphatic carbocycles. The van der Waals surface area contributed by atoms with Crippen molar-refractivity contribution in [2.24, 2.45) is 0 Å². The van der Waals surface area contributed by atoms with Gasteiger partial charge in [-0.05, 0) is 84.9 Å². The Bertz CT molecular complexity index is 3220. The Morgan fingerprint density at radius 3 is 1.52 bits per heavy atom. The number of hydrogen-bond acceptors (Lipinski definition) is 13. The summed E-state index contributed by atoms with van der Waals surface area (Å²) in [5.74, 6) is -1.24. The number of aromatic nitrogens is 10. The highest BCUT2D eigenvalue weighted by Crippen LogP contribution is 2.35. The minimum atomic E-state index is -4.74. The van der Waals surface area contributed by atoms with Gasteiger partial charge >= 0.3 is 12.4 Å². The number of amides is 2. The Kier molecular flexibility index (Phi) is 12.9. The number of H-pyrrole nitrogens is 1. The van der Waals surface area contributed by atoms with Crippen molar-refractivity contribution in [1.29, 1.82) is 10.5 Å². The number of pyridine rings is 2. The second kappa shape index (κ2) is 19.0. The summed E-state index contributed by atoms with van der Waals surface area (Å²) in [7, 11) is 1.42. The SMILES string of the molecule is COc1ccc(-c2cc(C(F)(F)F)n(-c3ccc(NC(=O)c4cccc(C#N)c4)nn3)n2)cn1.N#Cc1cccc(C(=O)Nc2ccc(-n3nc(-c4ccc(=O)[nH]c4)cc3C(F)(F)F)nn2)c1. The highest BCUT2D eigenvalue weighted by Gasteiger charge is 2.38. The average Bonchev–Trinajstić information content (AvgIpc) is 4.00. The molecule has 6 aromatic heterocycles. The van der Waals surface area contributed by atoms with Gasteiger partial charge in [-0.1, -0.05) is 12.1 Å². The number of aromatic amines is 1. The molecule has 2 aromatic carbocycles. The number of ether oxygens (including phenoxy) is 1. The summed E-state index contributed by atoms with van der Waals surface area (Å²) in [6, 6.07) is 28.1. The number of nitrogens with one attached hydrogen (secondary N) is 3. The minimum absolute atomic E-state index is 0.00677. The second-order valence-electron chi connectivity index (χ2n) is 13.5. The van der Waals surface area contributed by atoms with Crippen LogP contribution in [0.4, 0.5) is 38.0 Å². The molecule has 18 nitrogen and oxygen atoms in total. The van der Waals surface area contributed by atoms with Gasteiger partial charge in [0.25, 0.3) is 11.8 Å². The third-order valence-electron chi connectivity index (χ3n) is 9.05. The van der Waals surface area contributed by atoms with Crippen LogP contribution in [0.25, 0.3) is 34.2 Å². The summed E-state index contributed by atoms with van der Waals surface area (Å²) >= 11 is 0. The smallest absolute Gasteiger partial charge is 0.433 e. The topological polar surface area (TPSA) is 248 Å². The Labute approximate surface area is 371 Å². The third-order valence-corrected chi connectivity index (χ3v) is 9.05. The molecule has 8 rings (SSSR count). The zero-order chi connectivity index (χ0) is 47.9. The predicted molar refractivity (Wildman–Crippen MR) is 222 cm³/mol. The van der Waals surface area contributed by atoms with Crippen LogP contribution in [0.5, 0.6) is 5.88 Å². The molecule has 6 heterocycles. The summed E-state index contributed by atoms with van der Waals surface area (Å²) < 4.78 is 87.9. The molecule has 8 aromatic rings. The van der Waals surface area contributed by atoms with Crippen molar-refractivity contribution >= 4 is 23.5 Å². The largest absolute Gasteiger partial charge is 0.481 e. The first-order valence-corrected chi connectivity index (χ1v) is 18.9. The van der Waals surface area contributed by atoms with Crippen LogP contribution in [0.2, 0.25) is 0 Å². The summed E-state index contributed by atoms with van der Waals surface area (Å²) in [5, 5.41) is 45.9. The molecule has 67 heavy (non-hydrogen) atoms. The maximum atomic E-state index is 13.7. The molecule has 334 valence electrons. The lowest BCUT2D eigenvalue weighted by Crippen LogP contribution is -2.16. The van der Waals surface area contributed by atoms with Crippen molar-refractivity contribution in [3.05, 3.63) is 166 Å². The standard InChI is InChI=1S/C22H14F3N7O2.C21H12F3N7O2/c1-34-20-8-5-15(12-27-20)16-10-17(22(23,24)25)32(31-16)19-7-6-18(29-30-19)28-21(33)14-4-2-3-13(9-14)11-26;22-21(23,24)16-9-15(14-4-7-19(32)26-11-14)30-31(16)18-6-5-17(28-29-18)27-20(33)13-3-1-2-12(8-13)10-25/h2-10,12H,1H3,(H,28,29,33);1-9,11H,(H,26,32)(H,27,28,33). The van der Waals surface area contributed by atoms with Crippen LogP contribution in [0, 0.1) is 22.7 Å². The van der Waals surface area contributed by atoms with E-state index in [0.717, 1.165) is 12.1 Å². The van der Waals surface area contributed by atoms with Crippen molar-refractivity contribution in [2.75, 3.05) is 17.7 Å². The lowest BCUT2D eigenvalue weighted by Gasteiger charge is -2.09. The number of hydrogen-bond donors (Lipinski definition) is 3. The normalized spacial score (nSPS) is 11.1. The molecule has 0 atom stereocenters. The molecular weight excluding hydrogens is 891 g/mol. The van der Waals surface area contributed by atoms with Gasteiger partial charge < -0.3 is 20.4 Å². The van der Waals surface area contributed by atoms with Gasteiger partial charge in [0.15, 0.2) is 34.7 Å². The zero-order valence-electron chi connectivity index (χ0n) is 33.9. The number of anilines is 2. The first kappa shape index (κ1) is 45.4. The molecule has 0 saturated heterocycles. The summed E-state index contributed by atoms with van der Waals surface area (Å²) in [5.41, 5.74) is -0.925. The van der Waals surface area contributed by atoms with Gasteiger partial charge in [-0.2, -0.15) is 47.1 Å². The number of rotatable bonds is 9. The first-order valence-electron chi connectivity index (χ1n) is 18.9. The molecule has 0 aliphatic heterocycles. The number of alkyl halides is 6. The minimum Gasteiger partial charge on any atom is -0.481 e. The summed E-state index contributed by atoms with van der Waals surface area (Å²) in [6.07, 6.45) is -6.86. The maximum Gasteiger partial charge on any atom is 0.433 e. The van der Waals surface area contributed by atoms with Gasteiger partial charge in [0, 0.05) is 46.8 Å². The van der Waals surface area contributed by atoms with Crippen molar-refractivity contribution < 1.29 is 40.7 Å². The number of carbonyl (C=O) groups is 2. The molecule has 0 radical (unpaired) electrons. The fraction of sp³-hybridized carbons (Fsp3) is 0.0698. The number of methoxy groups -OCH3 is 1. The second-order valence-corrected chi connectivity index (χ2v) is 13.5. The van der Waals surface area contributed by atoms with E-state index >= 15 is 0 Å². The Morgan fingerprint density at radius 2 is 1.13 bits per heavy atom. The van der Waals surface area contributed by atoms with E-state index in [1.54, 1.807) is 18.2 Å². The van der Waals surface area contributed by atoms with Gasteiger partial charge in [0.1, 0.15) is 0 Å². The van der Waals surface area contributed by atoms with E-state index in [-0.39, 0.29) is 51.3 Å². The predicted octanol–water partition coefficient (Wildman–Crippen LogP) is 7.04. The summed E-state index contributed by atoms with van der Waals surface area (Å²) in [4.78, 5) is 42.3. The highest BCUT2D eigenvalue weighted by atomic mass is 19.4. The van der Waals surface area contributed by atoms with Crippen molar-refractivity contribution in [2.45, 2.75) is 12.4 Å². The molecule has 2 amide bonds. The molecule has 0 saturated carbocycles. The van der Waals surface area contributed by atoms with Gasteiger partial charge in [-0.25, -0.2) is 14.3 Å². The van der Waals surface area contributed by atoms with Crippen LogP contribution in [-0.4, -0.2) is 68.8 Å². The maximum absolute atomic E-state index is 13.7. The van der Waals surface area contributed by atoms with Crippen LogP contribution in [0.1, 0.15) is 43.2 Å². The van der Waals surface area contributed by atoms with E-state index in [1.165, 1.54) is 98.4 Å². The van der Waals surface area contributed by atoms with E-state index in [2.05, 4.69) is 51.2 Å². The fourth-order valence-corrected chi connectivity index (χ4v) is 5.87. The number of halogens is 6. The molecule has 0 spiro atoms. The van der Waals surface area contributed by atoms with E-state index in [4.69, 9.17) is 15.3 Å². The third kappa shape index (κ3) is 10.8. The monoisotopic (exact) mass is 916 g/mol. The van der Waals surface area contributed by atoms with Gasteiger partial charge in [-0.3, -0.25) is 14.4 Å². The molecule has 24 heteroatoms. The van der Waals surface area contributed by atoms with Crippen LogP contribution >= 0.6 is 0 Å². The van der Waals surface area contributed by atoms with Crippen molar-refractivity contribution in [3.8, 4) is 52.2 Å².